The van der Waals surface area contributed by atoms with Crippen molar-refractivity contribution in [2.75, 3.05) is 20.8 Å². The van der Waals surface area contributed by atoms with E-state index in [4.69, 9.17) is 9.47 Å². The predicted molar refractivity (Wildman–Crippen MR) is 100 cm³/mol. The van der Waals surface area contributed by atoms with Crippen LogP contribution in [0.3, 0.4) is 0 Å². The van der Waals surface area contributed by atoms with Crippen LogP contribution in [0.1, 0.15) is 22.7 Å². The van der Waals surface area contributed by atoms with E-state index in [9.17, 15) is 10.2 Å². The van der Waals surface area contributed by atoms with E-state index in [0.29, 0.717) is 5.75 Å². The van der Waals surface area contributed by atoms with Gasteiger partial charge in [-0.3, -0.25) is 0 Å². The SMILES string of the molecule is COc1cc(C[C@@H]2NCCc3cc(O)c(O)cc32)cc(I)c1OC. The molecule has 0 aliphatic carbocycles. The van der Waals surface area contributed by atoms with Crippen molar-refractivity contribution in [3.05, 3.63) is 44.5 Å². The lowest BCUT2D eigenvalue weighted by molar-refractivity contribution is 0.352. The third-order valence-electron chi connectivity index (χ3n) is 4.33. The Morgan fingerprint density at radius 1 is 1.12 bits per heavy atom. The van der Waals surface area contributed by atoms with Crippen molar-refractivity contribution in [3.63, 3.8) is 0 Å². The molecular formula is C18H20INO4. The van der Waals surface area contributed by atoms with Crippen LogP contribution in [-0.2, 0) is 12.8 Å². The van der Waals surface area contributed by atoms with Crippen molar-refractivity contribution in [2.45, 2.75) is 18.9 Å². The molecule has 1 atom stereocenters. The highest BCUT2D eigenvalue weighted by Gasteiger charge is 2.23. The molecule has 0 saturated carbocycles. The first kappa shape index (κ1) is 17.2. The molecule has 6 heteroatoms. The number of phenolic OH excluding ortho intramolecular Hbond substituents is 2. The van der Waals surface area contributed by atoms with Gasteiger partial charge in [-0.25, -0.2) is 0 Å². The minimum Gasteiger partial charge on any atom is -0.504 e. The van der Waals surface area contributed by atoms with Gasteiger partial charge in [-0.2, -0.15) is 0 Å². The second kappa shape index (κ2) is 7.06. The molecule has 0 bridgehead atoms. The number of hydrogen-bond acceptors (Lipinski definition) is 5. The molecule has 0 spiro atoms. The van der Waals surface area contributed by atoms with Crippen LogP contribution in [0, 0.1) is 3.57 Å². The molecule has 0 fully saturated rings. The highest BCUT2D eigenvalue weighted by Crippen LogP contribution is 2.37. The quantitative estimate of drug-likeness (QED) is 0.503. The molecule has 5 nitrogen and oxygen atoms in total. The van der Waals surface area contributed by atoms with Gasteiger partial charge in [0.05, 0.1) is 17.8 Å². The summed E-state index contributed by atoms with van der Waals surface area (Å²) in [6.45, 7) is 0.840. The first-order valence-electron chi connectivity index (χ1n) is 7.72. The Balaban J connectivity index is 1.93. The van der Waals surface area contributed by atoms with Gasteiger partial charge in [0.2, 0.25) is 0 Å². The topological polar surface area (TPSA) is 71.0 Å². The highest BCUT2D eigenvalue weighted by atomic mass is 127. The first-order valence-corrected chi connectivity index (χ1v) is 8.80. The number of rotatable bonds is 4. The normalized spacial score (nSPS) is 16.5. The third kappa shape index (κ3) is 3.25. The smallest absolute Gasteiger partial charge is 0.174 e. The number of nitrogens with one attached hydrogen (secondary N) is 1. The average molecular weight is 441 g/mol. The van der Waals surface area contributed by atoms with Gasteiger partial charge < -0.3 is 25.0 Å². The molecule has 1 aliphatic heterocycles. The molecule has 2 aromatic rings. The Morgan fingerprint density at radius 2 is 1.88 bits per heavy atom. The van der Waals surface area contributed by atoms with Crippen LogP contribution in [0.25, 0.3) is 0 Å². The van der Waals surface area contributed by atoms with Crippen molar-refractivity contribution in [1.82, 2.24) is 5.32 Å². The second-order valence-electron chi connectivity index (χ2n) is 5.81. The fraction of sp³-hybridized carbons (Fsp3) is 0.333. The molecule has 0 radical (unpaired) electrons. The van der Waals surface area contributed by atoms with Gasteiger partial charge in [-0.05, 0) is 82.9 Å². The van der Waals surface area contributed by atoms with Gasteiger partial charge in [-0.1, -0.05) is 0 Å². The summed E-state index contributed by atoms with van der Waals surface area (Å²) in [5, 5.41) is 23.0. The zero-order valence-electron chi connectivity index (χ0n) is 13.6. The predicted octanol–water partition coefficient (Wildman–Crippen LogP) is 3.15. The van der Waals surface area contributed by atoms with Crippen molar-refractivity contribution in [3.8, 4) is 23.0 Å². The molecule has 2 aromatic carbocycles. The van der Waals surface area contributed by atoms with Crippen LogP contribution in [0.2, 0.25) is 0 Å². The summed E-state index contributed by atoms with van der Waals surface area (Å²) in [6.07, 6.45) is 1.59. The summed E-state index contributed by atoms with van der Waals surface area (Å²) in [5.74, 6) is 1.31. The summed E-state index contributed by atoms with van der Waals surface area (Å²) >= 11 is 2.24. The number of methoxy groups -OCH3 is 2. The van der Waals surface area contributed by atoms with E-state index in [1.807, 2.05) is 6.07 Å². The van der Waals surface area contributed by atoms with Crippen LogP contribution in [0.15, 0.2) is 24.3 Å². The van der Waals surface area contributed by atoms with Gasteiger partial charge in [0, 0.05) is 6.04 Å². The molecular weight excluding hydrogens is 421 g/mol. The van der Waals surface area contributed by atoms with Gasteiger partial charge in [-0.15, -0.1) is 0 Å². The maximum atomic E-state index is 9.84. The largest absolute Gasteiger partial charge is 0.504 e. The van der Waals surface area contributed by atoms with Crippen LogP contribution in [-0.4, -0.2) is 31.0 Å². The van der Waals surface area contributed by atoms with Crippen molar-refractivity contribution in [1.29, 1.82) is 0 Å². The van der Waals surface area contributed by atoms with Crippen molar-refractivity contribution < 1.29 is 19.7 Å². The van der Waals surface area contributed by atoms with Gasteiger partial charge >= 0.3 is 0 Å². The molecule has 1 aliphatic rings. The van der Waals surface area contributed by atoms with E-state index in [1.165, 1.54) is 0 Å². The Morgan fingerprint density at radius 3 is 2.58 bits per heavy atom. The van der Waals surface area contributed by atoms with Crippen LogP contribution in [0.5, 0.6) is 23.0 Å². The lowest BCUT2D eigenvalue weighted by Crippen LogP contribution is -2.31. The molecule has 0 aromatic heterocycles. The minimum absolute atomic E-state index is 0.0601. The molecule has 128 valence electrons. The van der Waals surface area contributed by atoms with E-state index < -0.39 is 0 Å². The van der Waals surface area contributed by atoms with E-state index in [2.05, 4.69) is 34.0 Å². The Labute approximate surface area is 154 Å². The van der Waals surface area contributed by atoms with E-state index in [0.717, 1.165) is 45.4 Å². The van der Waals surface area contributed by atoms with Crippen LogP contribution in [0.4, 0.5) is 0 Å². The Kier molecular flexibility index (Phi) is 5.05. The van der Waals surface area contributed by atoms with Gasteiger partial charge in [0.25, 0.3) is 0 Å². The molecule has 0 amide bonds. The van der Waals surface area contributed by atoms with E-state index in [-0.39, 0.29) is 17.5 Å². The maximum absolute atomic E-state index is 9.84. The summed E-state index contributed by atoms with van der Waals surface area (Å²) in [5.41, 5.74) is 3.22. The number of halogens is 1. The van der Waals surface area contributed by atoms with Crippen LogP contribution < -0.4 is 14.8 Å². The minimum atomic E-state index is -0.0793. The lowest BCUT2D eigenvalue weighted by Gasteiger charge is -2.28. The number of phenols is 2. The number of fused-ring (bicyclic) bond motifs is 1. The highest BCUT2D eigenvalue weighted by molar-refractivity contribution is 14.1. The standard InChI is InChI=1S/C18H20INO4/c1-23-17-7-10(5-13(19)18(17)24-2)6-14-12-9-16(22)15(21)8-11(12)3-4-20-14/h5,7-9,14,20-22H,3-4,6H2,1-2H3/t14-/m0/s1. The number of ether oxygens (including phenoxy) is 2. The van der Waals surface area contributed by atoms with E-state index >= 15 is 0 Å². The fourth-order valence-electron chi connectivity index (χ4n) is 3.18. The van der Waals surface area contributed by atoms with Gasteiger partial charge in [0.15, 0.2) is 23.0 Å². The summed E-state index contributed by atoms with van der Waals surface area (Å²) in [4.78, 5) is 0. The molecule has 3 N–H and O–H groups in total. The molecule has 1 heterocycles. The van der Waals surface area contributed by atoms with Gasteiger partial charge in [0.1, 0.15) is 0 Å². The summed E-state index contributed by atoms with van der Waals surface area (Å²) in [6, 6.07) is 7.47. The Hall–Kier alpha value is -1.67. The monoisotopic (exact) mass is 441 g/mol. The van der Waals surface area contributed by atoms with E-state index in [1.54, 1.807) is 26.4 Å². The maximum Gasteiger partial charge on any atom is 0.174 e. The molecule has 3 rings (SSSR count). The Bertz CT molecular complexity index is 763. The first-order chi connectivity index (χ1) is 11.5. The van der Waals surface area contributed by atoms with Crippen molar-refractivity contribution >= 4 is 22.6 Å². The summed E-state index contributed by atoms with van der Waals surface area (Å²) in [7, 11) is 3.26. The van der Waals surface area contributed by atoms with Crippen molar-refractivity contribution in [2.24, 2.45) is 0 Å². The second-order valence-corrected chi connectivity index (χ2v) is 6.98. The summed E-state index contributed by atoms with van der Waals surface area (Å²) < 4.78 is 11.8. The molecule has 0 unspecified atom stereocenters. The molecule has 0 saturated heterocycles. The molecule has 24 heavy (non-hydrogen) atoms. The number of benzene rings is 2. The van der Waals surface area contributed by atoms with Crippen LogP contribution >= 0.6 is 22.6 Å². The zero-order valence-corrected chi connectivity index (χ0v) is 15.8. The fourth-order valence-corrected chi connectivity index (χ4v) is 4.06. The average Bonchev–Trinajstić information content (AvgIpc) is 2.56. The lowest BCUT2D eigenvalue weighted by atomic mass is 9.90. The number of hydrogen-bond donors (Lipinski definition) is 3. The third-order valence-corrected chi connectivity index (χ3v) is 5.13. The zero-order chi connectivity index (χ0) is 17.3. The number of aromatic hydroxyl groups is 2.